The summed E-state index contributed by atoms with van der Waals surface area (Å²) in [6.45, 7) is 0.499. The summed E-state index contributed by atoms with van der Waals surface area (Å²) in [6.07, 6.45) is 0.530. The maximum Gasteiger partial charge on any atom is 0.231 e. The second-order valence-corrected chi connectivity index (χ2v) is 3.73. The van der Waals surface area contributed by atoms with Crippen molar-refractivity contribution in [3.05, 3.63) is 23.8 Å². The largest absolute Gasteiger partial charge is 0.454 e. The van der Waals surface area contributed by atoms with Crippen LogP contribution in [-0.2, 0) is 11.2 Å². The first-order chi connectivity index (χ1) is 7.70. The smallest absolute Gasteiger partial charge is 0.231 e. The van der Waals surface area contributed by atoms with Gasteiger partial charge in [-0.1, -0.05) is 6.07 Å². The minimum Gasteiger partial charge on any atom is -0.454 e. The average molecular weight is 222 g/mol. The van der Waals surface area contributed by atoms with E-state index in [-0.39, 0.29) is 25.2 Å². The molecule has 0 radical (unpaired) electrons. The number of primary amides is 1. The molecule has 0 bridgehead atoms. The number of benzene rings is 1. The highest BCUT2D eigenvalue weighted by Gasteiger charge is 2.17. The molecular weight excluding hydrogens is 208 g/mol. The van der Waals surface area contributed by atoms with E-state index in [9.17, 15) is 4.79 Å². The SMILES string of the molecule is NCC(Cc1ccc2c(c1)OCO2)C(N)=O. The molecule has 0 spiro atoms. The Morgan fingerprint density at radius 3 is 2.81 bits per heavy atom. The van der Waals surface area contributed by atoms with Gasteiger partial charge in [-0.2, -0.15) is 0 Å². The number of carbonyl (C=O) groups is 1. The molecule has 4 N–H and O–H groups in total. The van der Waals surface area contributed by atoms with E-state index in [0.29, 0.717) is 12.2 Å². The maximum atomic E-state index is 11.1. The average Bonchev–Trinajstić information content (AvgIpc) is 2.72. The van der Waals surface area contributed by atoms with Gasteiger partial charge in [0, 0.05) is 6.54 Å². The van der Waals surface area contributed by atoms with Crippen molar-refractivity contribution in [2.75, 3.05) is 13.3 Å². The Hall–Kier alpha value is -1.75. The van der Waals surface area contributed by atoms with Gasteiger partial charge in [-0.15, -0.1) is 0 Å². The second kappa shape index (κ2) is 4.40. The number of nitrogens with two attached hydrogens (primary N) is 2. The van der Waals surface area contributed by atoms with Crippen molar-refractivity contribution in [2.24, 2.45) is 17.4 Å². The molecule has 1 aliphatic rings. The van der Waals surface area contributed by atoms with Crippen molar-refractivity contribution in [1.82, 2.24) is 0 Å². The molecule has 0 saturated heterocycles. The Labute approximate surface area is 93.3 Å². The van der Waals surface area contributed by atoms with Gasteiger partial charge in [0.1, 0.15) is 0 Å². The van der Waals surface area contributed by atoms with Crippen LogP contribution in [0, 0.1) is 5.92 Å². The second-order valence-electron chi connectivity index (χ2n) is 3.73. The van der Waals surface area contributed by atoms with Gasteiger partial charge in [0.15, 0.2) is 11.5 Å². The fourth-order valence-corrected chi connectivity index (χ4v) is 1.65. The van der Waals surface area contributed by atoms with Crippen LogP contribution in [0.2, 0.25) is 0 Å². The number of carbonyl (C=O) groups excluding carboxylic acids is 1. The summed E-state index contributed by atoms with van der Waals surface area (Å²) in [7, 11) is 0. The number of rotatable bonds is 4. The number of hydrogen-bond donors (Lipinski definition) is 2. The lowest BCUT2D eigenvalue weighted by molar-refractivity contribution is -0.121. The fraction of sp³-hybridized carbons (Fsp3) is 0.364. The molecule has 1 aromatic carbocycles. The summed E-state index contributed by atoms with van der Waals surface area (Å²) < 4.78 is 10.4. The summed E-state index contributed by atoms with van der Waals surface area (Å²) in [5.74, 6) is 0.727. The fourth-order valence-electron chi connectivity index (χ4n) is 1.65. The Balaban J connectivity index is 2.13. The molecule has 0 fully saturated rings. The molecule has 0 aliphatic carbocycles. The van der Waals surface area contributed by atoms with E-state index in [0.717, 1.165) is 11.3 Å². The van der Waals surface area contributed by atoms with Crippen molar-refractivity contribution in [1.29, 1.82) is 0 Å². The number of fused-ring (bicyclic) bond motifs is 1. The van der Waals surface area contributed by atoms with Crippen molar-refractivity contribution in [2.45, 2.75) is 6.42 Å². The molecule has 5 nitrogen and oxygen atoms in total. The lowest BCUT2D eigenvalue weighted by Crippen LogP contribution is -2.31. The van der Waals surface area contributed by atoms with Crippen LogP contribution in [0.25, 0.3) is 0 Å². The molecule has 1 aromatic rings. The van der Waals surface area contributed by atoms with Crippen molar-refractivity contribution < 1.29 is 14.3 Å². The predicted molar refractivity (Wildman–Crippen MR) is 58.0 cm³/mol. The maximum absolute atomic E-state index is 11.1. The molecule has 5 heteroatoms. The highest BCUT2D eigenvalue weighted by molar-refractivity contribution is 5.77. The molecule has 1 amide bonds. The van der Waals surface area contributed by atoms with E-state index >= 15 is 0 Å². The lowest BCUT2D eigenvalue weighted by Gasteiger charge is -2.10. The Morgan fingerprint density at radius 2 is 2.12 bits per heavy atom. The standard InChI is InChI=1S/C11H14N2O3/c12-5-8(11(13)14)3-7-1-2-9-10(4-7)16-6-15-9/h1-2,4,8H,3,5-6,12H2,(H2,13,14). The summed E-state index contributed by atoms with van der Waals surface area (Å²) in [5, 5.41) is 0. The summed E-state index contributed by atoms with van der Waals surface area (Å²) >= 11 is 0. The molecule has 86 valence electrons. The highest BCUT2D eigenvalue weighted by Crippen LogP contribution is 2.32. The first kappa shape index (κ1) is 10.8. The summed E-state index contributed by atoms with van der Waals surface area (Å²) in [5.41, 5.74) is 11.7. The third-order valence-electron chi connectivity index (χ3n) is 2.61. The van der Waals surface area contributed by atoms with Gasteiger partial charge in [0.05, 0.1) is 5.92 Å². The number of ether oxygens (including phenoxy) is 2. The minimum absolute atomic E-state index is 0.245. The Morgan fingerprint density at radius 1 is 1.38 bits per heavy atom. The zero-order valence-electron chi connectivity index (χ0n) is 8.81. The first-order valence-corrected chi connectivity index (χ1v) is 5.08. The third kappa shape index (κ3) is 2.09. The first-order valence-electron chi connectivity index (χ1n) is 5.08. The van der Waals surface area contributed by atoms with Gasteiger partial charge >= 0.3 is 0 Å². The van der Waals surface area contributed by atoms with Gasteiger partial charge in [0.25, 0.3) is 0 Å². The van der Waals surface area contributed by atoms with Crippen molar-refractivity contribution >= 4 is 5.91 Å². The van der Waals surface area contributed by atoms with E-state index in [2.05, 4.69) is 0 Å². The number of hydrogen-bond acceptors (Lipinski definition) is 4. The summed E-state index contributed by atoms with van der Waals surface area (Å²) in [4.78, 5) is 11.1. The van der Waals surface area contributed by atoms with E-state index in [1.807, 2.05) is 18.2 Å². The van der Waals surface area contributed by atoms with E-state index < -0.39 is 0 Å². The molecule has 2 rings (SSSR count). The topological polar surface area (TPSA) is 87.6 Å². The lowest BCUT2D eigenvalue weighted by atomic mass is 9.98. The minimum atomic E-state index is -0.375. The van der Waals surface area contributed by atoms with Crippen LogP contribution >= 0.6 is 0 Å². The zero-order valence-corrected chi connectivity index (χ0v) is 8.81. The molecule has 1 unspecified atom stereocenters. The normalized spacial score (nSPS) is 14.8. The van der Waals surface area contributed by atoms with Crippen LogP contribution in [0.1, 0.15) is 5.56 Å². The summed E-state index contributed by atoms with van der Waals surface area (Å²) in [6, 6.07) is 5.57. The molecule has 0 aromatic heterocycles. The molecular formula is C11H14N2O3. The van der Waals surface area contributed by atoms with Crippen molar-refractivity contribution in [3.63, 3.8) is 0 Å². The molecule has 1 aliphatic heterocycles. The van der Waals surface area contributed by atoms with Crippen LogP contribution in [0.15, 0.2) is 18.2 Å². The van der Waals surface area contributed by atoms with Crippen LogP contribution in [0.5, 0.6) is 11.5 Å². The van der Waals surface area contributed by atoms with Gasteiger partial charge in [-0.25, -0.2) is 0 Å². The van der Waals surface area contributed by atoms with Gasteiger partial charge in [-0.3, -0.25) is 4.79 Å². The van der Waals surface area contributed by atoms with E-state index in [1.165, 1.54) is 0 Å². The van der Waals surface area contributed by atoms with E-state index in [1.54, 1.807) is 0 Å². The van der Waals surface area contributed by atoms with Crippen LogP contribution in [0.4, 0.5) is 0 Å². The van der Waals surface area contributed by atoms with Crippen molar-refractivity contribution in [3.8, 4) is 11.5 Å². The zero-order chi connectivity index (χ0) is 11.5. The van der Waals surface area contributed by atoms with Crippen LogP contribution in [0.3, 0.4) is 0 Å². The Kier molecular flexibility index (Phi) is 2.96. The monoisotopic (exact) mass is 222 g/mol. The van der Waals surface area contributed by atoms with Gasteiger partial charge in [0.2, 0.25) is 12.7 Å². The van der Waals surface area contributed by atoms with Crippen LogP contribution < -0.4 is 20.9 Å². The molecule has 0 saturated carbocycles. The Bertz CT molecular complexity index is 406. The molecule has 1 atom stereocenters. The molecule has 1 heterocycles. The predicted octanol–water partition coefficient (Wildman–Crippen LogP) is 0.0180. The third-order valence-corrected chi connectivity index (χ3v) is 2.61. The van der Waals surface area contributed by atoms with Gasteiger partial charge < -0.3 is 20.9 Å². The molecule has 16 heavy (non-hydrogen) atoms. The van der Waals surface area contributed by atoms with Gasteiger partial charge in [-0.05, 0) is 24.1 Å². The highest BCUT2D eigenvalue weighted by atomic mass is 16.7. The van der Waals surface area contributed by atoms with E-state index in [4.69, 9.17) is 20.9 Å². The quantitative estimate of drug-likeness (QED) is 0.751. The van der Waals surface area contributed by atoms with Crippen LogP contribution in [-0.4, -0.2) is 19.2 Å². The number of amides is 1.